The highest BCUT2D eigenvalue weighted by atomic mass is 35.5. The van der Waals surface area contributed by atoms with Crippen molar-refractivity contribution in [3.63, 3.8) is 0 Å². The normalized spacial score (nSPS) is 18.1. The van der Waals surface area contributed by atoms with Crippen molar-refractivity contribution in [2.24, 2.45) is 0 Å². The molecule has 1 unspecified atom stereocenters. The maximum atomic E-state index is 13.1. The van der Waals surface area contributed by atoms with Crippen LogP contribution in [0, 0.1) is 5.82 Å². The molecular formula is C16H23ClFNO. The van der Waals surface area contributed by atoms with Crippen LogP contribution in [-0.2, 0) is 4.74 Å². The van der Waals surface area contributed by atoms with Gasteiger partial charge in [0.25, 0.3) is 0 Å². The lowest BCUT2D eigenvalue weighted by molar-refractivity contribution is 0.0295. The van der Waals surface area contributed by atoms with Crippen molar-refractivity contribution in [2.75, 3.05) is 13.2 Å². The van der Waals surface area contributed by atoms with Crippen LogP contribution in [0.25, 0.3) is 0 Å². The van der Waals surface area contributed by atoms with E-state index in [1.165, 1.54) is 38.2 Å². The van der Waals surface area contributed by atoms with E-state index in [0.717, 1.165) is 18.7 Å². The highest BCUT2D eigenvalue weighted by molar-refractivity contribution is 6.30. The molecule has 1 aromatic carbocycles. The first-order valence-corrected chi connectivity index (χ1v) is 7.84. The molecule has 1 aliphatic carbocycles. The van der Waals surface area contributed by atoms with Crippen molar-refractivity contribution in [2.45, 2.75) is 51.2 Å². The second-order valence-corrected chi connectivity index (χ2v) is 5.89. The Morgan fingerprint density at radius 2 is 2.10 bits per heavy atom. The van der Waals surface area contributed by atoms with Gasteiger partial charge in [-0.15, -0.1) is 0 Å². The maximum Gasteiger partial charge on any atom is 0.141 e. The lowest BCUT2D eigenvalue weighted by Gasteiger charge is -2.22. The summed E-state index contributed by atoms with van der Waals surface area (Å²) in [6, 6.07) is 4.99. The fraction of sp³-hybridized carbons (Fsp3) is 0.625. The van der Waals surface area contributed by atoms with Gasteiger partial charge in [-0.2, -0.15) is 0 Å². The van der Waals surface area contributed by atoms with E-state index < -0.39 is 0 Å². The van der Waals surface area contributed by atoms with Crippen molar-refractivity contribution in [3.8, 4) is 0 Å². The van der Waals surface area contributed by atoms with Gasteiger partial charge < -0.3 is 10.1 Å². The third-order valence-electron chi connectivity index (χ3n) is 3.90. The molecule has 0 radical (unpaired) electrons. The van der Waals surface area contributed by atoms with Crippen molar-refractivity contribution < 1.29 is 9.13 Å². The summed E-state index contributed by atoms with van der Waals surface area (Å²) in [6.45, 7) is 3.57. The van der Waals surface area contributed by atoms with E-state index >= 15 is 0 Å². The Hall–Kier alpha value is -0.640. The van der Waals surface area contributed by atoms with Gasteiger partial charge in [0.2, 0.25) is 0 Å². The van der Waals surface area contributed by atoms with Crippen molar-refractivity contribution in [3.05, 3.63) is 34.6 Å². The van der Waals surface area contributed by atoms with Crippen LogP contribution in [-0.4, -0.2) is 19.3 Å². The average Bonchev–Trinajstić information content (AvgIpc) is 2.47. The fourth-order valence-corrected chi connectivity index (χ4v) is 2.82. The highest BCUT2D eigenvalue weighted by Crippen LogP contribution is 2.21. The highest BCUT2D eigenvalue weighted by Gasteiger charge is 2.13. The molecular weight excluding hydrogens is 277 g/mol. The first kappa shape index (κ1) is 15.7. The molecule has 0 amide bonds. The van der Waals surface area contributed by atoms with Gasteiger partial charge in [0, 0.05) is 12.6 Å². The zero-order valence-corrected chi connectivity index (χ0v) is 12.8. The molecule has 0 aliphatic heterocycles. The molecule has 2 rings (SSSR count). The SMILES string of the molecule is CC(NCCOC1CCCCC1)c1ccc(F)c(Cl)c1. The van der Waals surface area contributed by atoms with Crippen molar-refractivity contribution >= 4 is 11.6 Å². The van der Waals surface area contributed by atoms with Gasteiger partial charge in [0.15, 0.2) is 0 Å². The van der Waals surface area contributed by atoms with Crippen LogP contribution in [0.15, 0.2) is 18.2 Å². The van der Waals surface area contributed by atoms with Gasteiger partial charge in [-0.25, -0.2) is 4.39 Å². The average molecular weight is 300 g/mol. The van der Waals surface area contributed by atoms with E-state index in [2.05, 4.69) is 5.32 Å². The first-order chi connectivity index (χ1) is 9.66. The number of hydrogen-bond acceptors (Lipinski definition) is 2. The fourth-order valence-electron chi connectivity index (χ4n) is 2.63. The summed E-state index contributed by atoms with van der Waals surface area (Å²) in [5.74, 6) is -0.372. The predicted molar refractivity (Wildman–Crippen MR) is 80.7 cm³/mol. The molecule has 2 nitrogen and oxygen atoms in total. The molecule has 0 bridgehead atoms. The van der Waals surface area contributed by atoms with Crippen molar-refractivity contribution in [1.29, 1.82) is 0 Å². The number of rotatable bonds is 6. The molecule has 0 spiro atoms. The van der Waals surface area contributed by atoms with Gasteiger partial charge >= 0.3 is 0 Å². The Balaban J connectivity index is 1.69. The molecule has 1 aromatic rings. The van der Waals surface area contributed by atoms with Crippen LogP contribution in [0.2, 0.25) is 5.02 Å². The van der Waals surface area contributed by atoms with E-state index in [9.17, 15) is 4.39 Å². The zero-order valence-electron chi connectivity index (χ0n) is 12.0. The number of nitrogens with one attached hydrogen (secondary N) is 1. The summed E-state index contributed by atoms with van der Waals surface area (Å²) in [5, 5.41) is 3.55. The van der Waals surface area contributed by atoms with Crippen LogP contribution in [0.4, 0.5) is 4.39 Å². The Labute approximate surface area is 125 Å². The molecule has 1 saturated carbocycles. The molecule has 0 aromatic heterocycles. The van der Waals surface area contributed by atoms with Crippen molar-refractivity contribution in [1.82, 2.24) is 5.32 Å². The minimum absolute atomic E-state index is 0.142. The quantitative estimate of drug-likeness (QED) is 0.782. The molecule has 1 atom stereocenters. The van der Waals surface area contributed by atoms with Crippen LogP contribution in [0.1, 0.15) is 50.6 Å². The lowest BCUT2D eigenvalue weighted by atomic mass is 9.98. The van der Waals surface area contributed by atoms with Gasteiger partial charge in [-0.1, -0.05) is 36.9 Å². The Bertz CT molecular complexity index is 421. The summed E-state index contributed by atoms with van der Waals surface area (Å²) in [4.78, 5) is 0. The number of hydrogen-bond donors (Lipinski definition) is 1. The van der Waals surface area contributed by atoms with Gasteiger partial charge in [0.1, 0.15) is 5.82 Å². The summed E-state index contributed by atoms with van der Waals surface area (Å²) >= 11 is 5.79. The Kier molecular flexibility index (Phi) is 6.27. The van der Waals surface area contributed by atoms with Crippen LogP contribution >= 0.6 is 11.6 Å². The largest absolute Gasteiger partial charge is 0.377 e. The standard InChI is InChI=1S/C16H23ClFNO/c1-12(13-7-8-16(18)15(17)11-13)19-9-10-20-14-5-3-2-4-6-14/h7-8,11-12,14,19H,2-6,9-10H2,1H3. The molecule has 0 heterocycles. The van der Waals surface area contributed by atoms with E-state index in [1.807, 2.05) is 6.92 Å². The third-order valence-corrected chi connectivity index (χ3v) is 4.19. The first-order valence-electron chi connectivity index (χ1n) is 7.47. The van der Waals surface area contributed by atoms with E-state index in [-0.39, 0.29) is 16.9 Å². The summed E-state index contributed by atoms with van der Waals surface area (Å²) < 4.78 is 19.0. The second-order valence-electron chi connectivity index (χ2n) is 5.48. The summed E-state index contributed by atoms with van der Waals surface area (Å²) in [5.41, 5.74) is 0.995. The zero-order chi connectivity index (χ0) is 14.4. The van der Waals surface area contributed by atoms with E-state index in [4.69, 9.17) is 16.3 Å². The minimum Gasteiger partial charge on any atom is -0.377 e. The third kappa shape index (κ3) is 4.72. The number of halogens is 2. The smallest absolute Gasteiger partial charge is 0.141 e. The molecule has 1 aliphatic rings. The lowest BCUT2D eigenvalue weighted by Crippen LogP contribution is -2.26. The number of benzene rings is 1. The summed E-state index contributed by atoms with van der Waals surface area (Å²) in [7, 11) is 0. The van der Waals surface area contributed by atoms with E-state index in [0.29, 0.717) is 6.10 Å². The van der Waals surface area contributed by atoms with Gasteiger partial charge in [0.05, 0.1) is 17.7 Å². The predicted octanol–water partition coefficient (Wildman–Crippen LogP) is 4.48. The maximum absolute atomic E-state index is 13.1. The second kappa shape index (κ2) is 7.96. The Morgan fingerprint density at radius 3 is 2.80 bits per heavy atom. The summed E-state index contributed by atoms with van der Waals surface area (Å²) in [6.07, 6.45) is 6.78. The molecule has 20 heavy (non-hydrogen) atoms. The van der Waals surface area contributed by atoms with E-state index in [1.54, 1.807) is 12.1 Å². The molecule has 4 heteroatoms. The minimum atomic E-state index is -0.372. The monoisotopic (exact) mass is 299 g/mol. The van der Waals surface area contributed by atoms with Crippen LogP contribution in [0.5, 0.6) is 0 Å². The molecule has 1 fully saturated rings. The molecule has 112 valence electrons. The number of ether oxygens (including phenoxy) is 1. The van der Waals surface area contributed by atoms with Crippen LogP contribution in [0.3, 0.4) is 0 Å². The topological polar surface area (TPSA) is 21.3 Å². The Morgan fingerprint density at radius 1 is 1.35 bits per heavy atom. The van der Waals surface area contributed by atoms with Gasteiger partial charge in [-0.05, 0) is 37.5 Å². The van der Waals surface area contributed by atoms with Crippen LogP contribution < -0.4 is 5.32 Å². The molecule has 0 saturated heterocycles. The molecule has 1 N–H and O–H groups in total. The van der Waals surface area contributed by atoms with Gasteiger partial charge in [-0.3, -0.25) is 0 Å².